The van der Waals surface area contributed by atoms with E-state index < -0.39 is 0 Å². The fourth-order valence-corrected chi connectivity index (χ4v) is 6.66. The van der Waals surface area contributed by atoms with E-state index in [0.717, 1.165) is 40.8 Å². The van der Waals surface area contributed by atoms with Crippen molar-refractivity contribution in [2.45, 2.75) is 12.8 Å². The molecule has 0 saturated carbocycles. The number of aromatic nitrogens is 4. The van der Waals surface area contributed by atoms with Gasteiger partial charge in [0.2, 0.25) is 5.95 Å². The van der Waals surface area contributed by atoms with Crippen LogP contribution in [-0.2, 0) is 0 Å². The molecule has 0 spiro atoms. The van der Waals surface area contributed by atoms with Gasteiger partial charge in [0.1, 0.15) is 0 Å². The van der Waals surface area contributed by atoms with Gasteiger partial charge in [0.15, 0.2) is 11.6 Å². The van der Waals surface area contributed by atoms with Gasteiger partial charge in [-0.05, 0) is 63.6 Å². The summed E-state index contributed by atoms with van der Waals surface area (Å²) in [5.41, 5.74) is 9.35. The molecule has 0 radical (unpaired) electrons. The second-order valence-electron chi connectivity index (χ2n) is 10.8. The highest BCUT2D eigenvalue weighted by Crippen LogP contribution is 2.49. The van der Waals surface area contributed by atoms with E-state index >= 15 is 0 Å². The van der Waals surface area contributed by atoms with Crippen molar-refractivity contribution in [3.63, 3.8) is 0 Å². The number of hydrogen-bond acceptors (Lipinski definition) is 3. The van der Waals surface area contributed by atoms with Crippen molar-refractivity contribution in [1.29, 1.82) is 0 Å². The Labute approximate surface area is 237 Å². The van der Waals surface area contributed by atoms with Gasteiger partial charge in [-0.3, -0.25) is 4.57 Å². The number of fused-ring (bicyclic) bond motifs is 3. The van der Waals surface area contributed by atoms with E-state index in [2.05, 4.69) is 108 Å². The summed E-state index contributed by atoms with van der Waals surface area (Å²) in [5.74, 6) is 2.07. The lowest BCUT2D eigenvalue weighted by Gasteiger charge is -2.14. The predicted octanol–water partition coefficient (Wildman–Crippen LogP) is 9.17. The Morgan fingerprint density at radius 1 is 0.537 bits per heavy atom. The van der Waals surface area contributed by atoms with E-state index in [9.17, 15) is 0 Å². The van der Waals surface area contributed by atoms with Crippen LogP contribution in [0.3, 0.4) is 0 Å². The first kappa shape index (κ1) is 22.5. The standard InChI is InChI=1S/C37H24N4/c1-3-11-24(12-4-1)35-38-36(25-13-5-2-6-14-25)40-37(39-35)41-30-20-10-19-29-27-17-8-7-16-26(27)28-18-9-15-23-21-22-31(41)34(32(23)28)33(29)30/h1-5,7-13,15-22H,6,14H2. The monoisotopic (exact) mass is 524 g/mol. The summed E-state index contributed by atoms with van der Waals surface area (Å²) in [6.45, 7) is 0. The molecule has 2 aliphatic carbocycles. The maximum Gasteiger partial charge on any atom is 0.238 e. The highest BCUT2D eigenvalue weighted by Gasteiger charge is 2.26. The third-order valence-corrected chi connectivity index (χ3v) is 8.46. The van der Waals surface area contributed by atoms with Crippen LogP contribution in [-0.4, -0.2) is 19.5 Å². The van der Waals surface area contributed by atoms with Crippen LogP contribution in [0.2, 0.25) is 0 Å². The Morgan fingerprint density at radius 3 is 2.05 bits per heavy atom. The topological polar surface area (TPSA) is 43.6 Å². The summed E-state index contributed by atoms with van der Waals surface area (Å²) in [7, 11) is 0. The van der Waals surface area contributed by atoms with E-state index in [1.165, 1.54) is 43.8 Å². The Bertz CT molecular complexity index is 2250. The molecule has 0 unspecified atom stereocenters. The minimum Gasteiger partial charge on any atom is -0.278 e. The Morgan fingerprint density at radius 2 is 1.24 bits per heavy atom. The first-order valence-electron chi connectivity index (χ1n) is 14.1. The van der Waals surface area contributed by atoms with E-state index in [0.29, 0.717) is 11.8 Å². The lowest BCUT2D eigenvalue weighted by atomic mass is 9.93. The molecule has 0 bridgehead atoms. The SMILES string of the molecule is C1=CCCC(c2nc(-c3ccccc3)nc(-n3c4cccc5c4c4c6c(cccc6ccc43)-c3ccccc3-5)n2)=C1. The average Bonchev–Trinajstić information content (AvgIpc) is 3.33. The zero-order valence-corrected chi connectivity index (χ0v) is 22.3. The van der Waals surface area contributed by atoms with E-state index in [1.807, 2.05) is 18.2 Å². The fraction of sp³-hybridized carbons (Fsp3) is 0.0541. The minimum atomic E-state index is 0.646. The first-order valence-corrected chi connectivity index (χ1v) is 14.1. The van der Waals surface area contributed by atoms with Gasteiger partial charge in [-0.15, -0.1) is 0 Å². The lowest BCUT2D eigenvalue weighted by molar-refractivity contribution is 0.913. The Balaban J connectivity index is 1.44. The van der Waals surface area contributed by atoms with Gasteiger partial charge in [-0.25, -0.2) is 4.98 Å². The summed E-state index contributed by atoms with van der Waals surface area (Å²) in [6, 6.07) is 36.7. The van der Waals surface area contributed by atoms with Crippen molar-refractivity contribution in [3.05, 3.63) is 127 Å². The number of allylic oxidation sites excluding steroid dienone is 4. The van der Waals surface area contributed by atoms with Crippen molar-refractivity contribution < 1.29 is 0 Å². The third kappa shape index (κ3) is 3.25. The predicted molar refractivity (Wildman–Crippen MR) is 168 cm³/mol. The maximum atomic E-state index is 5.16. The molecule has 2 heterocycles. The lowest BCUT2D eigenvalue weighted by Crippen LogP contribution is -2.08. The van der Waals surface area contributed by atoms with Crippen molar-refractivity contribution in [2.75, 3.05) is 0 Å². The zero-order chi connectivity index (χ0) is 26.9. The van der Waals surface area contributed by atoms with Crippen molar-refractivity contribution >= 4 is 38.2 Å². The Hall–Kier alpha value is -5.35. The summed E-state index contributed by atoms with van der Waals surface area (Å²) >= 11 is 0. The van der Waals surface area contributed by atoms with Gasteiger partial charge in [0, 0.05) is 16.3 Å². The molecule has 9 rings (SSSR count). The molecule has 192 valence electrons. The maximum absolute atomic E-state index is 5.16. The van der Waals surface area contributed by atoms with Crippen LogP contribution in [0, 0.1) is 0 Å². The molecule has 2 aliphatic rings. The molecular weight excluding hydrogens is 500 g/mol. The summed E-state index contributed by atoms with van der Waals surface area (Å²) in [5, 5.41) is 5.02. The minimum absolute atomic E-state index is 0.646. The molecule has 41 heavy (non-hydrogen) atoms. The summed E-state index contributed by atoms with van der Waals surface area (Å²) in [4.78, 5) is 15.3. The quantitative estimate of drug-likeness (QED) is 0.231. The molecule has 4 heteroatoms. The van der Waals surface area contributed by atoms with E-state index in [1.54, 1.807) is 0 Å². The Kier molecular flexibility index (Phi) is 4.70. The summed E-state index contributed by atoms with van der Waals surface area (Å²) in [6.07, 6.45) is 8.33. The van der Waals surface area contributed by atoms with Crippen LogP contribution in [0.4, 0.5) is 0 Å². The van der Waals surface area contributed by atoms with Gasteiger partial charge in [-0.2, -0.15) is 9.97 Å². The van der Waals surface area contributed by atoms with Crippen LogP contribution < -0.4 is 0 Å². The summed E-state index contributed by atoms with van der Waals surface area (Å²) < 4.78 is 2.25. The molecule has 7 aromatic rings. The van der Waals surface area contributed by atoms with Gasteiger partial charge >= 0.3 is 0 Å². The number of rotatable bonds is 3. The number of hydrogen-bond donors (Lipinski definition) is 0. The molecule has 0 fully saturated rings. The molecule has 0 aliphatic heterocycles. The van der Waals surface area contributed by atoms with Crippen LogP contribution in [0.5, 0.6) is 0 Å². The first-order chi connectivity index (χ1) is 20.3. The second-order valence-corrected chi connectivity index (χ2v) is 10.8. The molecule has 5 aromatic carbocycles. The van der Waals surface area contributed by atoms with E-state index in [4.69, 9.17) is 15.0 Å². The van der Waals surface area contributed by atoms with E-state index in [-0.39, 0.29) is 0 Å². The largest absolute Gasteiger partial charge is 0.278 e. The molecule has 2 aromatic heterocycles. The van der Waals surface area contributed by atoms with Crippen LogP contribution >= 0.6 is 0 Å². The highest BCUT2D eigenvalue weighted by atomic mass is 15.2. The van der Waals surface area contributed by atoms with Gasteiger partial charge in [0.25, 0.3) is 0 Å². The van der Waals surface area contributed by atoms with Gasteiger partial charge in [0.05, 0.1) is 11.0 Å². The number of benzene rings is 5. The molecular formula is C37H24N4. The molecule has 4 nitrogen and oxygen atoms in total. The van der Waals surface area contributed by atoms with Gasteiger partial charge in [-0.1, -0.05) is 109 Å². The second kappa shape index (κ2) is 8.57. The van der Waals surface area contributed by atoms with Gasteiger partial charge < -0.3 is 0 Å². The van der Waals surface area contributed by atoms with Crippen molar-refractivity contribution in [2.24, 2.45) is 0 Å². The average molecular weight is 525 g/mol. The van der Waals surface area contributed by atoms with Crippen molar-refractivity contribution in [1.82, 2.24) is 19.5 Å². The normalized spacial score (nSPS) is 13.7. The third-order valence-electron chi connectivity index (χ3n) is 8.46. The van der Waals surface area contributed by atoms with Crippen molar-refractivity contribution in [3.8, 4) is 39.6 Å². The van der Waals surface area contributed by atoms with Crippen LogP contribution in [0.15, 0.2) is 121 Å². The zero-order valence-electron chi connectivity index (χ0n) is 22.3. The smallest absolute Gasteiger partial charge is 0.238 e. The molecule has 0 saturated heterocycles. The van der Waals surface area contributed by atoms with Crippen LogP contribution in [0.25, 0.3) is 77.7 Å². The molecule has 0 amide bonds. The molecule has 0 N–H and O–H groups in total. The number of nitrogens with zero attached hydrogens (tertiary/aromatic N) is 4. The molecule has 0 atom stereocenters. The fourth-order valence-electron chi connectivity index (χ4n) is 6.66. The highest BCUT2D eigenvalue weighted by molar-refractivity contribution is 6.30. The van der Waals surface area contributed by atoms with Crippen LogP contribution in [0.1, 0.15) is 18.7 Å².